The van der Waals surface area contributed by atoms with E-state index < -0.39 is 0 Å². The van der Waals surface area contributed by atoms with Gasteiger partial charge in [0, 0.05) is 0 Å². The number of carbonyl (C=O) groups is 1. The number of primary amides is 1. The van der Waals surface area contributed by atoms with Crippen LogP contribution in [0.25, 0.3) is 0 Å². The lowest BCUT2D eigenvalue weighted by molar-refractivity contribution is -0.106. The summed E-state index contributed by atoms with van der Waals surface area (Å²) in [7, 11) is 0. The van der Waals surface area contributed by atoms with E-state index in [1.54, 1.807) is 5.56 Å². The monoisotopic (exact) mass is 347 g/mol. The molecule has 4 unspecified atom stereocenters. The first kappa shape index (κ1) is 19.4. The third-order valence-electron chi connectivity index (χ3n) is 6.08. The Bertz CT molecular complexity index is 526. The van der Waals surface area contributed by atoms with Crippen LogP contribution in [0.5, 0.6) is 0 Å². The van der Waals surface area contributed by atoms with Gasteiger partial charge in [-0.3, -0.25) is 4.79 Å². The lowest BCUT2D eigenvalue weighted by Gasteiger charge is -2.57. The van der Waals surface area contributed by atoms with E-state index in [2.05, 4.69) is 74.9 Å². The molecule has 3 rings (SSSR count). The molecule has 0 aromatic heterocycles. The van der Waals surface area contributed by atoms with Gasteiger partial charge in [0.05, 0.1) is 0 Å². The molecule has 1 amide bonds. The van der Waals surface area contributed by atoms with Crippen molar-refractivity contribution in [3.8, 4) is 0 Å². The molecule has 2 bridgehead atoms. The van der Waals surface area contributed by atoms with Crippen molar-refractivity contribution in [2.75, 3.05) is 12.0 Å². The van der Waals surface area contributed by atoms with Crippen molar-refractivity contribution < 1.29 is 4.79 Å². The van der Waals surface area contributed by atoms with Crippen molar-refractivity contribution in [2.45, 2.75) is 51.9 Å². The molecule has 1 aromatic rings. The quantitative estimate of drug-likeness (QED) is 0.793. The second-order valence-corrected chi connectivity index (χ2v) is 9.50. The molecule has 24 heavy (non-hydrogen) atoms. The average Bonchev–Trinajstić information content (AvgIpc) is 2.51. The van der Waals surface area contributed by atoms with Crippen molar-refractivity contribution in [2.24, 2.45) is 28.9 Å². The maximum absolute atomic E-state index is 8.58. The van der Waals surface area contributed by atoms with Gasteiger partial charge in [-0.2, -0.15) is 11.8 Å². The largest absolute Gasteiger partial charge is 0.372 e. The molecule has 134 valence electrons. The van der Waals surface area contributed by atoms with Crippen LogP contribution in [-0.4, -0.2) is 18.4 Å². The molecule has 3 heteroatoms. The predicted octanol–water partition coefficient (Wildman–Crippen LogP) is 4.87. The highest BCUT2D eigenvalue weighted by molar-refractivity contribution is 7.98. The molecule has 0 saturated heterocycles. The Hall–Kier alpha value is -0.960. The zero-order chi connectivity index (χ0) is 17.8. The average molecular weight is 348 g/mol. The number of nitrogens with two attached hydrogens (primary N) is 1. The Labute approximate surface area is 152 Å². The van der Waals surface area contributed by atoms with Crippen LogP contribution in [0.1, 0.15) is 52.0 Å². The highest BCUT2D eigenvalue weighted by Gasteiger charge is 2.52. The fraction of sp³-hybridized carbons (Fsp3) is 0.667. The highest BCUT2D eigenvalue weighted by atomic mass is 32.2. The van der Waals surface area contributed by atoms with E-state index in [0.29, 0.717) is 10.8 Å². The minimum absolute atomic E-state index is 0.250. The summed E-state index contributed by atoms with van der Waals surface area (Å²) >= 11 is 2.05. The van der Waals surface area contributed by atoms with Gasteiger partial charge in [0.25, 0.3) is 0 Å². The van der Waals surface area contributed by atoms with Gasteiger partial charge in [0.15, 0.2) is 0 Å². The van der Waals surface area contributed by atoms with Crippen molar-refractivity contribution in [1.82, 2.24) is 0 Å². The molecule has 2 aliphatic rings. The van der Waals surface area contributed by atoms with Crippen LogP contribution in [0.15, 0.2) is 30.3 Å². The van der Waals surface area contributed by atoms with Crippen molar-refractivity contribution in [3.63, 3.8) is 0 Å². The van der Waals surface area contributed by atoms with E-state index in [4.69, 9.17) is 4.79 Å². The number of amides is 1. The van der Waals surface area contributed by atoms with E-state index in [1.165, 1.54) is 31.4 Å². The molecule has 2 fully saturated rings. The Kier molecular flexibility index (Phi) is 6.41. The Morgan fingerprint density at radius 1 is 1.21 bits per heavy atom. The molecular formula is C21H33NOS. The van der Waals surface area contributed by atoms with Gasteiger partial charge in [-0.05, 0) is 71.8 Å². The third kappa shape index (κ3) is 4.17. The summed E-state index contributed by atoms with van der Waals surface area (Å²) < 4.78 is 0. The molecule has 2 nitrogen and oxygen atoms in total. The Morgan fingerprint density at radius 3 is 2.42 bits per heavy atom. The predicted molar refractivity (Wildman–Crippen MR) is 105 cm³/mol. The van der Waals surface area contributed by atoms with Gasteiger partial charge >= 0.3 is 0 Å². The molecule has 2 N–H and O–H groups in total. The Morgan fingerprint density at radius 2 is 1.83 bits per heavy atom. The van der Waals surface area contributed by atoms with E-state index in [0.717, 1.165) is 17.8 Å². The summed E-state index contributed by atoms with van der Waals surface area (Å²) in [6.45, 7) is 7.52. The number of fused-ring (bicyclic) bond motifs is 2. The molecule has 0 spiro atoms. The van der Waals surface area contributed by atoms with Crippen LogP contribution >= 0.6 is 11.8 Å². The SMILES string of the molecule is CSCC1C(C)CC2(c3ccccc3)CC1CC(C)(C)C2.NC=O. The van der Waals surface area contributed by atoms with Gasteiger partial charge in [-0.1, -0.05) is 51.1 Å². The van der Waals surface area contributed by atoms with Crippen molar-refractivity contribution in [1.29, 1.82) is 0 Å². The summed E-state index contributed by atoms with van der Waals surface area (Å²) in [6.07, 6.45) is 8.14. The molecule has 0 heterocycles. The highest BCUT2D eigenvalue weighted by Crippen LogP contribution is 2.59. The molecule has 0 aliphatic heterocycles. The van der Waals surface area contributed by atoms with Crippen LogP contribution in [0.3, 0.4) is 0 Å². The fourth-order valence-electron chi connectivity index (χ4n) is 5.66. The molecule has 0 radical (unpaired) electrons. The molecule has 1 aromatic carbocycles. The minimum atomic E-state index is 0.250. The molecular weight excluding hydrogens is 314 g/mol. The zero-order valence-corrected chi connectivity index (χ0v) is 16.4. The minimum Gasteiger partial charge on any atom is -0.372 e. The molecule has 4 atom stereocenters. The number of hydrogen-bond acceptors (Lipinski definition) is 2. The Balaban J connectivity index is 0.000000647. The second kappa shape index (κ2) is 7.95. The molecule has 2 aliphatic carbocycles. The third-order valence-corrected chi connectivity index (χ3v) is 6.80. The van der Waals surface area contributed by atoms with E-state index >= 15 is 0 Å². The fourth-order valence-corrected chi connectivity index (χ4v) is 6.64. The standard InChI is InChI=1S/C20H30S.CH3NO/c1-15-10-20(17-8-6-5-7-9-17)12-16(18(15)13-21-4)11-19(2,3)14-20;2-1-3/h5-9,15-16,18H,10-14H2,1-4H3;1H,(H2,2,3). The first-order chi connectivity index (χ1) is 11.4. The van der Waals surface area contributed by atoms with Gasteiger partial charge in [0.2, 0.25) is 6.41 Å². The summed E-state index contributed by atoms with van der Waals surface area (Å²) in [5, 5.41) is 0. The number of hydrogen-bond donors (Lipinski definition) is 1. The number of benzene rings is 1. The number of thioether (sulfide) groups is 1. The van der Waals surface area contributed by atoms with Gasteiger partial charge in [-0.25, -0.2) is 0 Å². The topological polar surface area (TPSA) is 43.1 Å². The lowest BCUT2D eigenvalue weighted by atomic mass is 9.48. The van der Waals surface area contributed by atoms with Crippen molar-refractivity contribution >= 4 is 18.2 Å². The lowest BCUT2D eigenvalue weighted by Crippen LogP contribution is -2.50. The number of carbonyl (C=O) groups excluding carboxylic acids is 1. The smallest absolute Gasteiger partial charge is 0.204 e. The first-order valence-electron chi connectivity index (χ1n) is 9.07. The normalized spacial score (nSPS) is 33.9. The number of rotatable bonds is 3. The maximum Gasteiger partial charge on any atom is 0.204 e. The van der Waals surface area contributed by atoms with Gasteiger partial charge in [-0.15, -0.1) is 0 Å². The summed E-state index contributed by atoms with van der Waals surface area (Å²) in [6, 6.07) is 11.4. The summed E-state index contributed by atoms with van der Waals surface area (Å²) in [4.78, 5) is 8.58. The van der Waals surface area contributed by atoms with Crippen molar-refractivity contribution in [3.05, 3.63) is 35.9 Å². The summed E-state index contributed by atoms with van der Waals surface area (Å²) in [5.41, 5.74) is 6.72. The van der Waals surface area contributed by atoms with E-state index in [-0.39, 0.29) is 6.41 Å². The van der Waals surface area contributed by atoms with Crippen LogP contribution in [0, 0.1) is 23.2 Å². The van der Waals surface area contributed by atoms with Gasteiger partial charge in [0.1, 0.15) is 0 Å². The van der Waals surface area contributed by atoms with Crippen LogP contribution in [0.4, 0.5) is 0 Å². The second-order valence-electron chi connectivity index (χ2n) is 8.59. The van der Waals surface area contributed by atoms with Crippen LogP contribution in [-0.2, 0) is 10.2 Å². The first-order valence-corrected chi connectivity index (χ1v) is 10.5. The maximum atomic E-state index is 8.58. The van der Waals surface area contributed by atoms with E-state index in [1.807, 2.05) is 0 Å². The van der Waals surface area contributed by atoms with Crippen LogP contribution in [0.2, 0.25) is 0 Å². The van der Waals surface area contributed by atoms with E-state index in [9.17, 15) is 0 Å². The van der Waals surface area contributed by atoms with Crippen LogP contribution < -0.4 is 5.73 Å². The van der Waals surface area contributed by atoms with Gasteiger partial charge < -0.3 is 5.73 Å². The molecule has 2 saturated carbocycles. The summed E-state index contributed by atoms with van der Waals surface area (Å²) in [5.74, 6) is 4.07. The zero-order valence-electron chi connectivity index (χ0n) is 15.6.